The van der Waals surface area contributed by atoms with E-state index in [9.17, 15) is 13.6 Å². The summed E-state index contributed by atoms with van der Waals surface area (Å²) in [6.07, 6.45) is 2.15. The molecule has 4 heteroatoms. The largest absolute Gasteiger partial charge is 0.448 e. The van der Waals surface area contributed by atoms with Crippen LogP contribution in [0.4, 0.5) is 8.78 Å². The van der Waals surface area contributed by atoms with Crippen LogP contribution in [0, 0.1) is 0 Å². The molecule has 1 rings (SSSR count). The summed E-state index contributed by atoms with van der Waals surface area (Å²) >= 11 is 0. The van der Waals surface area contributed by atoms with E-state index in [1.165, 1.54) is 6.08 Å². The summed E-state index contributed by atoms with van der Waals surface area (Å²) < 4.78 is 31.7. The molecule has 0 saturated heterocycles. The third kappa shape index (κ3) is 4.50. The zero-order valence-electron chi connectivity index (χ0n) is 10.3. The Morgan fingerprint density at radius 2 is 1.89 bits per heavy atom. The first kappa shape index (κ1) is 14.8. The molecule has 1 aromatic carbocycles. The Bertz CT molecular complexity index is 478. The summed E-state index contributed by atoms with van der Waals surface area (Å²) in [5, 5.41) is 0. The number of carbonyl (C=O) groups excluding carboxylic acids is 1. The molecule has 19 heavy (non-hydrogen) atoms. The van der Waals surface area contributed by atoms with Gasteiger partial charge in [0.15, 0.2) is 6.10 Å². The molecular weight excluding hydrogens is 250 g/mol. The molecule has 0 amide bonds. The predicted octanol–water partition coefficient (Wildman–Crippen LogP) is 3.62. The molecule has 0 aromatic heterocycles. The predicted molar refractivity (Wildman–Crippen MR) is 70.7 cm³/mol. The molecule has 0 aliphatic carbocycles. The van der Waals surface area contributed by atoms with Gasteiger partial charge in [0.25, 0.3) is 0 Å². The number of rotatable bonds is 6. The maximum atomic E-state index is 13.5. The molecule has 2 nitrogen and oxygen atoms in total. The van der Waals surface area contributed by atoms with E-state index in [0.717, 1.165) is 17.7 Å². The van der Waals surface area contributed by atoms with E-state index in [1.54, 1.807) is 24.3 Å². The first-order chi connectivity index (χ1) is 8.99. The topological polar surface area (TPSA) is 26.3 Å². The van der Waals surface area contributed by atoms with Crippen LogP contribution in [0.2, 0.25) is 0 Å². The lowest BCUT2D eigenvalue weighted by Gasteiger charge is -2.20. The highest BCUT2D eigenvalue weighted by Gasteiger charge is 2.37. The van der Waals surface area contributed by atoms with Gasteiger partial charge in [-0.1, -0.05) is 49.6 Å². The van der Waals surface area contributed by atoms with Gasteiger partial charge in [-0.15, -0.1) is 0 Å². The summed E-state index contributed by atoms with van der Waals surface area (Å²) in [7, 11) is 0. The fourth-order valence-electron chi connectivity index (χ4n) is 1.30. The Balaban J connectivity index is 2.91. The van der Waals surface area contributed by atoms with E-state index in [4.69, 9.17) is 0 Å². The molecule has 0 N–H and O–H groups in total. The van der Waals surface area contributed by atoms with E-state index >= 15 is 0 Å². The van der Waals surface area contributed by atoms with Crippen molar-refractivity contribution in [2.45, 2.75) is 12.0 Å². The third-order valence-corrected chi connectivity index (χ3v) is 2.32. The maximum Gasteiger partial charge on any atom is 0.330 e. The minimum absolute atomic E-state index is 0.448. The molecule has 0 radical (unpaired) electrons. The highest BCUT2D eigenvalue weighted by Crippen LogP contribution is 2.24. The molecule has 0 aliphatic rings. The van der Waals surface area contributed by atoms with Gasteiger partial charge in [-0.05, 0) is 17.7 Å². The van der Waals surface area contributed by atoms with Crippen LogP contribution in [0.1, 0.15) is 5.56 Å². The van der Waals surface area contributed by atoms with Crippen molar-refractivity contribution in [3.05, 3.63) is 67.3 Å². The first-order valence-corrected chi connectivity index (χ1v) is 5.57. The molecule has 1 atom stereocenters. The van der Waals surface area contributed by atoms with E-state index < -0.39 is 18.0 Å². The summed E-state index contributed by atoms with van der Waals surface area (Å²) in [4.78, 5) is 11.1. The molecule has 0 saturated carbocycles. The molecular formula is C15H14F2O2. The molecule has 0 heterocycles. The van der Waals surface area contributed by atoms with Gasteiger partial charge in [-0.25, -0.2) is 4.79 Å². The Kier molecular flexibility index (Phi) is 5.18. The van der Waals surface area contributed by atoms with Crippen molar-refractivity contribution in [1.82, 2.24) is 0 Å². The Morgan fingerprint density at radius 1 is 1.26 bits per heavy atom. The quantitative estimate of drug-likeness (QED) is 0.445. The van der Waals surface area contributed by atoms with Gasteiger partial charge in [0.1, 0.15) is 0 Å². The number of halogens is 2. The molecule has 0 aliphatic heterocycles. The number of hydrogen-bond acceptors (Lipinski definition) is 2. The van der Waals surface area contributed by atoms with Crippen molar-refractivity contribution in [3.63, 3.8) is 0 Å². The fourth-order valence-corrected chi connectivity index (χ4v) is 1.30. The van der Waals surface area contributed by atoms with Gasteiger partial charge in [0.05, 0.1) is 0 Å². The molecule has 0 fully saturated rings. The monoisotopic (exact) mass is 264 g/mol. The number of esters is 1. The van der Waals surface area contributed by atoms with Crippen molar-refractivity contribution >= 4 is 12.0 Å². The zero-order chi connectivity index (χ0) is 14.3. The lowest BCUT2D eigenvalue weighted by atomic mass is 10.1. The third-order valence-electron chi connectivity index (χ3n) is 2.32. The Labute approximate surface area is 110 Å². The fraction of sp³-hybridized carbons (Fsp3) is 0.133. The number of benzene rings is 1. The van der Waals surface area contributed by atoms with Crippen molar-refractivity contribution in [1.29, 1.82) is 0 Å². The SMILES string of the molecule is C=CC(=O)OC(/C=C/c1ccccc1)C(F)(F)C=C. The molecule has 0 spiro atoms. The lowest BCUT2D eigenvalue weighted by Crippen LogP contribution is -2.33. The van der Waals surface area contributed by atoms with Crippen LogP contribution < -0.4 is 0 Å². The second-order valence-corrected chi connectivity index (χ2v) is 3.71. The molecule has 1 aromatic rings. The second kappa shape index (κ2) is 6.64. The summed E-state index contributed by atoms with van der Waals surface area (Å²) in [6.45, 7) is 6.21. The van der Waals surface area contributed by atoms with E-state index in [1.807, 2.05) is 6.07 Å². The van der Waals surface area contributed by atoms with Gasteiger partial charge in [-0.3, -0.25) is 0 Å². The van der Waals surface area contributed by atoms with Crippen molar-refractivity contribution in [2.75, 3.05) is 0 Å². The van der Waals surface area contributed by atoms with Gasteiger partial charge < -0.3 is 4.74 Å². The summed E-state index contributed by atoms with van der Waals surface area (Å²) in [5.74, 6) is -4.26. The van der Waals surface area contributed by atoms with Crippen molar-refractivity contribution < 1.29 is 18.3 Å². The lowest BCUT2D eigenvalue weighted by molar-refractivity contribution is -0.153. The van der Waals surface area contributed by atoms with Crippen molar-refractivity contribution in [3.8, 4) is 0 Å². The molecule has 0 bridgehead atoms. The maximum absolute atomic E-state index is 13.5. The van der Waals surface area contributed by atoms with Gasteiger partial charge >= 0.3 is 11.9 Å². The Hall–Kier alpha value is -2.23. The standard InChI is InChI=1S/C15H14F2O2/c1-3-14(18)19-13(15(16,17)4-2)11-10-12-8-6-5-7-9-12/h3-11,13H,1-2H2/b11-10+. The second-order valence-electron chi connectivity index (χ2n) is 3.71. The van der Waals surface area contributed by atoms with Crippen LogP contribution in [0.25, 0.3) is 6.08 Å². The van der Waals surface area contributed by atoms with E-state index in [0.29, 0.717) is 6.08 Å². The van der Waals surface area contributed by atoms with Gasteiger partial charge in [-0.2, -0.15) is 8.78 Å². The first-order valence-electron chi connectivity index (χ1n) is 5.57. The van der Waals surface area contributed by atoms with Gasteiger partial charge in [0, 0.05) is 6.08 Å². The summed E-state index contributed by atoms with van der Waals surface area (Å²) in [6, 6.07) is 8.85. The average molecular weight is 264 g/mol. The highest BCUT2D eigenvalue weighted by molar-refractivity contribution is 5.81. The minimum Gasteiger partial charge on any atom is -0.448 e. The minimum atomic E-state index is -3.34. The molecule has 1 unspecified atom stereocenters. The number of alkyl halides is 2. The van der Waals surface area contributed by atoms with Crippen LogP contribution in [-0.2, 0) is 9.53 Å². The highest BCUT2D eigenvalue weighted by atomic mass is 19.3. The van der Waals surface area contributed by atoms with E-state index in [-0.39, 0.29) is 0 Å². The number of carbonyl (C=O) groups is 1. The van der Waals surface area contributed by atoms with Crippen LogP contribution in [0.3, 0.4) is 0 Å². The number of ether oxygens (including phenoxy) is 1. The molecule has 100 valence electrons. The van der Waals surface area contributed by atoms with E-state index in [2.05, 4.69) is 17.9 Å². The summed E-state index contributed by atoms with van der Waals surface area (Å²) in [5.41, 5.74) is 0.724. The van der Waals surface area contributed by atoms with Crippen molar-refractivity contribution in [2.24, 2.45) is 0 Å². The van der Waals surface area contributed by atoms with Crippen LogP contribution in [0.5, 0.6) is 0 Å². The van der Waals surface area contributed by atoms with Crippen LogP contribution in [-0.4, -0.2) is 18.0 Å². The normalized spacial score (nSPS) is 12.9. The van der Waals surface area contributed by atoms with Crippen LogP contribution >= 0.6 is 0 Å². The average Bonchev–Trinajstić information content (AvgIpc) is 2.44. The smallest absolute Gasteiger partial charge is 0.330 e. The Morgan fingerprint density at radius 3 is 2.42 bits per heavy atom. The number of hydrogen-bond donors (Lipinski definition) is 0. The van der Waals surface area contributed by atoms with Crippen LogP contribution in [0.15, 0.2) is 61.7 Å². The zero-order valence-corrected chi connectivity index (χ0v) is 10.3. The van der Waals surface area contributed by atoms with Gasteiger partial charge in [0.2, 0.25) is 0 Å².